The van der Waals surface area contributed by atoms with E-state index in [0.717, 1.165) is 11.1 Å². The third-order valence-corrected chi connectivity index (χ3v) is 3.15. The minimum absolute atomic E-state index is 0.117. The Kier molecular flexibility index (Phi) is 4.10. The fourth-order valence-electron chi connectivity index (χ4n) is 1.77. The molecule has 0 aromatic heterocycles. The van der Waals surface area contributed by atoms with Crippen molar-refractivity contribution in [3.8, 4) is 0 Å². The Morgan fingerprint density at radius 2 is 1.88 bits per heavy atom. The van der Waals surface area contributed by atoms with E-state index in [1.165, 1.54) is 5.56 Å². The molecule has 0 spiro atoms. The summed E-state index contributed by atoms with van der Waals surface area (Å²) >= 11 is 0. The first-order valence-corrected chi connectivity index (χ1v) is 6.06. The van der Waals surface area contributed by atoms with Gasteiger partial charge < -0.3 is 5.73 Å². The summed E-state index contributed by atoms with van der Waals surface area (Å²) in [6.45, 7) is 10.1. The van der Waals surface area contributed by atoms with E-state index in [-0.39, 0.29) is 11.2 Å². The molecule has 94 valence electrons. The third kappa shape index (κ3) is 3.67. The van der Waals surface area contributed by atoms with Crippen molar-refractivity contribution in [1.29, 1.82) is 0 Å². The van der Waals surface area contributed by atoms with Gasteiger partial charge in [-0.2, -0.15) is 0 Å². The second-order valence-corrected chi connectivity index (χ2v) is 5.92. The average Bonchev–Trinajstić information content (AvgIpc) is 2.21. The van der Waals surface area contributed by atoms with Gasteiger partial charge in [-0.15, -0.1) is 0 Å². The van der Waals surface area contributed by atoms with E-state index >= 15 is 0 Å². The van der Waals surface area contributed by atoms with Gasteiger partial charge >= 0.3 is 0 Å². The predicted octanol–water partition coefficient (Wildman–Crippen LogP) is 2.79. The molecule has 2 nitrogen and oxygen atoms in total. The molecule has 17 heavy (non-hydrogen) atoms. The third-order valence-electron chi connectivity index (χ3n) is 3.15. The van der Waals surface area contributed by atoms with Gasteiger partial charge in [0.05, 0.1) is 6.04 Å². The summed E-state index contributed by atoms with van der Waals surface area (Å²) in [5.74, 6) is 0.117. The van der Waals surface area contributed by atoms with Crippen LogP contribution in [0.5, 0.6) is 0 Å². The smallest absolute Gasteiger partial charge is 0.154 e. The van der Waals surface area contributed by atoms with Gasteiger partial charge in [0, 0.05) is 6.42 Å². The first kappa shape index (κ1) is 13.9. The van der Waals surface area contributed by atoms with Gasteiger partial charge in [0.1, 0.15) is 0 Å². The van der Waals surface area contributed by atoms with Gasteiger partial charge in [-0.05, 0) is 30.4 Å². The molecule has 0 saturated heterocycles. The molecule has 0 fully saturated rings. The molecular weight excluding hydrogens is 210 g/mol. The number of rotatable bonds is 3. The second kappa shape index (κ2) is 5.01. The van der Waals surface area contributed by atoms with Crippen LogP contribution in [0.1, 0.15) is 37.5 Å². The lowest BCUT2D eigenvalue weighted by Crippen LogP contribution is -2.43. The molecule has 1 aromatic rings. The maximum absolute atomic E-state index is 12.1. The Morgan fingerprint density at radius 1 is 1.29 bits per heavy atom. The quantitative estimate of drug-likeness (QED) is 0.872. The van der Waals surface area contributed by atoms with Crippen molar-refractivity contribution >= 4 is 5.78 Å². The SMILES string of the molecule is Cc1ccc(C)c(CC(=O)C(N)C(C)(C)C)c1. The van der Waals surface area contributed by atoms with Gasteiger partial charge in [-0.25, -0.2) is 0 Å². The zero-order chi connectivity index (χ0) is 13.2. The maximum Gasteiger partial charge on any atom is 0.154 e. The molecule has 0 aliphatic heterocycles. The van der Waals surface area contributed by atoms with Crippen molar-refractivity contribution < 1.29 is 4.79 Å². The number of carbonyl (C=O) groups is 1. The minimum Gasteiger partial charge on any atom is -0.321 e. The van der Waals surface area contributed by atoms with Crippen LogP contribution in [-0.4, -0.2) is 11.8 Å². The van der Waals surface area contributed by atoms with Gasteiger partial charge in [0.25, 0.3) is 0 Å². The van der Waals surface area contributed by atoms with Crippen LogP contribution >= 0.6 is 0 Å². The van der Waals surface area contributed by atoms with Gasteiger partial charge in [0.15, 0.2) is 5.78 Å². The number of Topliss-reactive ketones (excluding diaryl/α,β-unsaturated/α-hetero) is 1. The van der Waals surface area contributed by atoms with Crippen LogP contribution < -0.4 is 5.73 Å². The molecule has 0 bridgehead atoms. The van der Waals surface area contributed by atoms with Crippen LogP contribution in [0.4, 0.5) is 0 Å². The number of hydrogen-bond donors (Lipinski definition) is 1. The molecule has 1 aromatic carbocycles. The average molecular weight is 233 g/mol. The summed E-state index contributed by atoms with van der Waals surface area (Å²) < 4.78 is 0. The van der Waals surface area contributed by atoms with Crippen LogP contribution in [0, 0.1) is 19.3 Å². The van der Waals surface area contributed by atoms with Crippen LogP contribution in [0.25, 0.3) is 0 Å². The highest BCUT2D eigenvalue weighted by molar-refractivity contribution is 5.86. The van der Waals surface area contributed by atoms with Crippen LogP contribution in [0.2, 0.25) is 0 Å². The van der Waals surface area contributed by atoms with Crippen LogP contribution in [-0.2, 0) is 11.2 Å². The van der Waals surface area contributed by atoms with E-state index in [4.69, 9.17) is 5.73 Å². The molecule has 0 aliphatic carbocycles. The summed E-state index contributed by atoms with van der Waals surface area (Å²) in [4.78, 5) is 12.1. The number of aryl methyl sites for hydroxylation is 2. The summed E-state index contributed by atoms with van der Waals surface area (Å²) in [7, 11) is 0. The zero-order valence-electron chi connectivity index (χ0n) is 11.5. The molecule has 0 aliphatic rings. The number of hydrogen-bond acceptors (Lipinski definition) is 2. The molecule has 2 heteroatoms. The second-order valence-electron chi connectivity index (χ2n) is 5.92. The fourth-order valence-corrected chi connectivity index (χ4v) is 1.77. The molecular formula is C15H23NO. The van der Waals surface area contributed by atoms with Crippen LogP contribution in [0.15, 0.2) is 18.2 Å². The summed E-state index contributed by atoms with van der Waals surface area (Å²) in [6.07, 6.45) is 0.436. The Labute approximate surface area is 104 Å². The first-order chi connectivity index (χ1) is 7.71. The Balaban J connectivity index is 2.85. The van der Waals surface area contributed by atoms with Crippen molar-refractivity contribution in [3.63, 3.8) is 0 Å². The lowest BCUT2D eigenvalue weighted by molar-refractivity contribution is -0.121. The van der Waals surface area contributed by atoms with E-state index in [1.807, 2.05) is 34.6 Å². The Bertz CT molecular complexity index is 415. The number of carbonyl (C=O) groups excluding carboxylic acids is 1. The zero-order valence-corrected chi connectivity index (χ0v) is 11.5. The summed E-state index contributed by atoms with van der Waals surface area (Å²) in [5.41, 5.74) is 9.24. The molecule has 1 unspecified atom stereocenters. The van der Waals surface area contributed by atoms with E-state index in [9.17, 15) is 4.79 Å². The highest BCUT2D eigenvalue weighted by Gasteiger charge is 2.27. The highest BCUT2D eigenvalue weighted by Crippen LogP contribution is 2.20. The molecule has 0 amide bonds. The molecule has 1 rings (SSSR count). The maximum atomic E-state index is 12.1. The Hall–Kier alpha value is -1.15. The molecule has 1 atom stereocenters. The largest absolute Gasteiger partial charge is 0.321 e. The normalized spacial score (nSPS) is 13.5. The molecule has 2 N–H and O–H groups in total. The molecule has 0 radical (unpaired) electrons. The van der Waals surface area contributed by atoms with Gasteiger partial charge in [-0.3, -0.25) is 4.79 Å². The predicted molar refractivity (Wildman–Crippen MR) is 72.1 cm³/mol. The molecule has 0 heterocycles. The van der Waals surface area contributed by atoms with E-state index in [0.29, 0.717) is 6.42 Å². The highest BCUT2D eigenvalue weighted by atomic mass is 16.1. The standard InChI is InChI=1S/C15H23NO/c1-10-6-7-11(2)12(8-10)9-13(17)14(16)15(3,4)5/h6-8,14H,9,16H2,1-5H3. The number of ketones is 1. The number of nitrogens with two attached hydrogens (primary N) is 1. The van der Waals surface area contributed by atoms with Gasteiger partial charge in [0.2, 0.25) is 0 Å². The summed E-state index contributed by atoms with van der Waals surface area (Å²) in [6, 6.07) is 5.79. The van der Waals surface area contributed by atoms with Gasteiger partial charge in [-0.1, -0.05) is 44.5 Å². The van der Waals surface area contributed by atoms with Crippen molar-refractivity contribution in [1.82, 2.24) is 0 Å². The van der Waals surface area contributed by atoms with E-state index in [1.54, 1.807) is 0 Å². The lowest BCUT2D eigenvalue weighted by Gasteiger charge is -2.26. The lowest BCUT2D eigenvalue weighted by atomic mass is 9.83. The number of benzene rings is 1. The minimum atomic E-state index is -0.401. The van der Waals surface area contributed by atoms with Crippen molar-refractivity contribution in [2.24, 2.45) is 11.1 Å². The van der Waals surface area contributed by atoms with Crippen LogP contribution in [0.3, 0.4) is 0 Å². The van der Waals surface area contributed by atoms with Crippen molar-refractivity contribution in [2.75, 3.05) is 0 Å². The van der Waals surface area contributed by atoms with E-state index < -0.39 is 6.04 Å². The topological polar surface area (TPSA) is 43.1 Å². The van der Waals surface area contributed by atoms with E-state index in [2.05, 4.69) is 18.2 Å². The summed E-state index contributed by atoms with van der Waals surface area (Å²) in [5, 5.41) is 0. The molecule has 0 saturated carbocycles. The monoisotopic (exact) mass is 233 g/mol. The van der Waals surface area contributed by atoms with Crippen molar-refractivity contribution in [3.05, 3.63) is 34.9 Å². The van der Waals surface area contributed by atoms with Crippen molar-refractivity contribution in [2.45, 2.75) is 47.1 Å². The first-order valence-electron chi connectivity index (χ1n) is 6.06. The fraction of sp³-hybridized carbons (Fsp3) is 0.533. The Morgan fingerprint density at radius 3 is 2.41 bits per heavy atom.